The molecule has 1 aromatic carbocycles. The van der Waals surface area contributed by atoms with Crippen LogP contribution in [0.1, 0.15) is 49.3 Å². The van der Waals surface area contributed by atoms with Crippen molar-refractivity contribution in [2.24, 2.45) is 5.92 Å². The topological polar surface area (TPSA) is 0 Å². The molecule has 0 heterocycles. The van der Waals surface area contributed by atoms with Crippen LogP contribution in [-0.2, 0) is 6.42 Å². The monoisotopic (exact) mass is 224 g/mol. The van der Waals surface area contributed by atoms with Gasteiger partial charge >= 0.3 is 0 Å². The molecule has 0 fully saturated rings. The summed E-state index contributed by atoms with van der Waals surface area (Å²) in [5.74, 6) is 1.30. The van der Waals surface area contributed by atoms with Gasteiger partial charge in [-0.05, 0) is 47.4 Å². The van der Waals surface area contributed by atoms with Gasteiger partial charge in [0, 0.05) is 5.92 Å². The summed E-state index contributed by atoms with van der Waals surface area (Å²) in [7, 11) is 0. The Kier molecular flexibility index (Phi) is 2.66. The van der Waals surface area contributed by atoms with Gasteiger partial charge in [-0.1, -0.05) is 50.3 Å². The Balaban J connectivity index is 2.18. The summed E-state index contributed by atoms with van der Waals surface area (Å²) in [4.78, 5) is 0. The van der Waals surface area contributed by atoms with E-state index in [0.29, 0.717) is 11.8 Å². The van der Waals surface area contributed by atoms with Crippen LogP contribution in [0.15, 0.2) is 36.4 Å². The van der Waals surface area contributed by atoms with E-state index in [-0.39, 0.29) is 0 Å². The summed E-state index contributed by atoms with van der Waals surface area (Å²) in [6.45, 7) is 4.70. The van der Waals surface area contributed by atoms with Crippen LogP contribution in [0.2, 0.25) is 0 Å². The number of allylic oxidation sites excluding steroid dienone is 4. The quantitative estimate of drug-likeness (QED) is 0.559. The smallest absolute Gasteiger partial charge is 0.000184 e. The second-order valence-electron chi connectivity index (χ2n) is 5.45. The third-order valence-electron chi connectivity index (χ3n) is 4.19. The fourth-order valence-corrected chi connectivity index (χ4v) is 3.20. The summed E-state index contributed by atoms with van der Waals surface area (Å²) >= 11 is 0. The number of benzene rings is 1. The summed E-state index contributed by atoms with van der Waals surface area (Å²) in [6, 6.07) is 6.83. The molecule has 0 amide bonds. The summed E-state index contributed by atoms with van der Waals surface area (Å²) in [5.41, 5.74) is 6.23. The summed E-state index contributed by atoms with van der Waals surface area (Å²) < 4.78 is 0. The third-order valence-corrected chi connectivity index (χ3v) is 4.19. The molecule has 2 aliphatic carbocycles. The van der Waals surface area contributed by atoms with E-state index in [1.54, 1.807) is 16.7 Å². The Morgan fingerprint density at radius 2 is 2.00 bits per heavy atom. The average Bonchev–Trinajstić information content (AvgIpc) is 2.69. The third kappa shape index (κ3) is 1.76. The lowest BCUT2D eigenvalue weighted by molar-refractivity contribution is 0.676. The summed E-state index contributed by atoms with van der Waals surface area (Å²) in [5, 5.41) is 0. The molecule has 88 valence electrons. The lowest BCUT2D eigenvalue weighted by Gasteiger charge is -2.16. The van der Waals surface area contributed by atoms with E-state index >= 15 is 0 Å². The highest BCUT2D eigenvalue weighted by Gasteiger charge is 2.25. The predicted molar refractivity (Wildman–Crippen MR) is 74.1 cm³/mol. The van der Waals surface area contributed by atoms with Crippen LogP contribution in [0.5, 0.6) is 0 Å². The molecule has 3 rings (SSSR count). The minimum absolute atomic E-state index is 0.603. The van der Waals surface area contributed by atoms with Crippen LogP contribution < -0.4 is 0 Å². The van der Waals surface area contributed by atoms with Gasteiger partial charge < -0.3 is 0 Å². The normalized spacial score (nSPS) is 28.7. The Bertz CT molecular complexity index is 491. The van der Waals surface area contributed by atoms with Crippen molar-refractivity contribution in [3.63, 3.8) is 0 Å². The molecule has 2 aliphatic rings. The summed E-state index contributed by atoms with van der Waals surface area (Å²) in [6.07, 6.45) is 10.8. The minimum Gasteiger partial charge on any atom is -0.0882 e. The Morgan fingerprint density at radius 1 is 1.12 bits per heavy atom. The molecule has 0 radical (unpaired) electrons. The lowest BCUT2D eigenvalue weighted by atomic mass is 9.89. The van der Waals surface area contributed by atoms with Crippen LogP contribution >= 0.6 is 0 Å². The predicted octanol–water partition coefficient (Wildman–Crippen LogP) is 4.72. The SMILES string of the molecule is CC1CC/C=C\Cc2cccc3c2C1=CC3C. The molecule has 2 unspecified atom stereocenters. The molecule has 0 aromatic heterocycles. The van der Waals surface area contributed by atoms with Crippen LogP contribution in [0.4, 0.5) is 0 Å². The van der Waals surface area contributed by atoms with E-state index in [2.05, 4.69) is 50.3 Å². The molecule has 0 bridgehead atoms. The molecule has 0 N–H and O–H groups in total. The zero-order valence-electron chi connectivity index (χ0n) is 10.7. The zero-order chi connectivity index (χ0) is 11.8. The van der Waals surface area contributed by atoms with Crippen molar-refractivity contribution < 1.29 is 0 Å². The van der Waals surface area contributed by atoms with Gasteiger partial charge in [-0.15, -0.1) is 0 Å². The molecule has 0 heteroatoms. The van der Waals surface area contributed by atoms with Crippen molar-refractivity contribution in [3.8, 4) is 0 Å². The van der Waals surface area contributed by atoms with Gasteiger partial charge in [0.25, 0.3) is 0 Å². The van der Waals surface area contributed by atoms with Crippen LogP contribution in [0.25, 0.3) is 5.57 Å². The zero-order valence-corrected chi connectivity index (χ0v) is 10.7. The first-order valence-electron chi connectivity index (χ1n) is 6.76. The van der Waals surface area contributed by atoms with E-state index < -0.39 is 0 Å². The van der Waals surface area contributed by atoms with Gasteiger partial charge in [0.2, 0.25) is 0 Å². The largest absolute Gasteiger partial charge is 0.0882 e. The molecule has 2 atom stereocenters. The maximum Gasteiger partial charge on any atom is 0.000184 e. The highest BCUT2D eigenvalue weighted by atomic mass is 14.3. The van der Waals surface area contributed by atoms with Crippen molar-refractivity contribution in [2.75, 3.05) is 0 Å². The van der Waals surface area contributed by atoms with Crippen LogP contribution in [0, 0.1) is 5.92 Å². The number of hydrogen-bond donors (Lipinski definition) is 0. The Morgan fingerprint density at radius 3 is 2.88 bits per heavy atom. The van der Waals surface area contributed by atoms with Gasteiger partial charge in [-0.25, -0.2) is 0 Å². The van der Waals surface area contributed by atoms with Gasteiger partial charge in [0.15, 0.2) is 0 Å². The number of rotatable bonds is 0. The molecule has 0 saturated heterocycles. The highest BCUT2D eigenvalue weighted by Crippen LogP contribution is 2.43. The molecule has 0 aliphatic heterocycles. The van der Waals surface area contributed by atoms with Crippen LogP contribution in [-0.4, -0.2) is 0 Å². The second kappa shape index (κ2) is 4.18. The maximum absolute atomic E-state index is 2.49. The maximum atomic E-state index is 2.49. The minimum atomic E-state index is 0.603. The molecule has 17 heavy (non-hydrogen) atoms. The average molecular weight is 224 g/mol. The van der Waals surface area contributed by atoms with Crippen LogP contribution in [0.3, 0.4) is 0 Å². The Labute approximate surface area is 104 Å². The molecule has 0 saturated carbocycles. The first-order valence-corrected chi connectivity index (χ1v) is 6.76. The number of hydrogen-bond acceptors (Lipinski definition) is 0. The first-order chi connectivity index (χ1) is 8.27. The van der Waals surface area contributed by atoms with Gasteiger partial charge in [-0.2, -0.15) is 0 Å². The molecule has 0 spiro atoms. The van der Waals surface area contributed by atoms with Crippen molar-refractivity contribution in [1.29, 1.82) is 0 Å². The molecular formula is C17H20. The standard InChI is InChI=1S/C17H20/c1-12-7-4-3-5-8-14-9-6-10-15-13(2)11-16(12)17(14)15/h3,5-6,9-13H,4,7-8H2,1-2H3/b5-3-. The molecule has 1 aromatic rings. The van der Waals surface area contributed by atoms with Crippen molar-refractivity contribution >= 4 is 5.57 Å². The van der Waals surface area contributed by atoms with E-state index in [9.17, 15) is 0 Å². The van der Waals surface area contributed by atoms with E-state index in [0.717, 1.165) is 6.42 Å². The lowest BCUT2D eigenvalue weighted by Crippen LogP contribution is -2.00. The Hall–Kier alpha value is -1.30. The van der Waals surface area contributed by atoms with Gasteiger partial charge in [0.1, 0.15) is 0 Å². The van der Waals surface area contributed by atoms with Crippen molar-refractivity contribution in [1.82, 2.24) is 0 Å². The van der Waals surface area contributed by atoms with Gasteiger partial charge in [0.05, 0.1) is 0 Å². The first kappa shape index (κ1) is 10.8. The van der Waals surface area contributed by atoms with Gasteiger partial charge in [-0.3, -0.25) is 0 Å². The molecular weight excluding hydrogens is 204 g/mol. The van der Waals surface area contributed by atoms with Crippen molar-refractivity contribution in [3.05, 3.63) is 53.1 Å². The van der Waals surface area contributed by atoms with E-state index in [1.807, 2.05) is 0 Å². The highest BCUT2D eigenvalue weighted by molar-refractivity contribution is 5.78. The van der Waals surface area contributed by atoms with E-state index in [1.165, 1.54) is 18.4 Å². The van der Waals surface area contributed by atoms with E-state index in [4.69, 9.17) is 0 Å². The fraction of sp³-hybridized carbons (Fsp3) is 0.412. The molecule has 0 nitrogen and oxygen atoms in total. The second-order valence-corrected chi connectivity index (χ2v) is 5.45. The fourth-order valence-electron chi connectivity index (χ4n) is 3.20. The van der Waals surface area contributed by atoms with Crippen molar-refractivity contribution in [2.45, 2.75) is 39.0 Å².